The molecule has 0 saturated heterocycles. The summed E-state index contributed by atoms with van der Waals surface area (Å²) < 4.78 is 5.42. The van der Waals surface area contributed by atoms with E-state index in [4.69, 9.17) is 4.74 Å². The van der Waals surface area contributed by atoms with Gasteiger partial charge in [0.25, 0.3) is 0 Å². The van der Waals surface area contributed by atoms with Gasteiger partial charge in [-0.1, -0.05) is 23.8 Å². The Labute approximate surface area is 127 Å². The van der Waals surface area contributed by atoms with Crippen LogP contribution in [0.25, 0.3) is 0 Å². The summed E-state index contributed by atoms with van der Waals surface area (Å²) >= 11 is 0. The lowest BCUT2D eigenvalue weighted by Crippen LogP contribution is -2.21. The molecule has 1 unspecified atom stereocenters. The standard InChI is InChI=1S/C18H24N2O/c1-2-21-17-10-8-16(9-11-17)18(14-19)20-13-12-15-6-4-3-5-7-15/h6,8-11,18,20H,2-5,7,12-13H2,1H3. The smallest absolute Gasteiger partial charge is 0.121 e. The lowest BCUT2D eigenvalue weighted by Gasteiger charge is -2.15. The maximum atomic E-state index is 9.33. The van der Waals surface area contributed by atoms with Crippen LogP contribution in [-0.4, -0.2) is 13.2 Å². The van der Waals surface area contributed by atoms with Crippen molar-refractivity contribution in [2.75, 3.05) is 13.2 Å². The first-order valence-electron chi connectivity index (χ1n) is 7.87. The quantitative estimate of drug-likeness (QED) is 0.766. The topological polar surface area (TPSA) is 45.0 Å². The Morgan fingerprint density at radius 1 is 1.29 bits per heavy atom. The molecule has 1 atom stereocenters. The van der Waals surface area contributed by atoms with Crippen LogP contribution in [0.15, 0.2) is 35.9 Å². The van der Waals surface area contributed by atoms with Crippen molar-refractivity contribution in [3.05, 3.63) is 41.5 Å². The maximum absolute atomic E-state index is 9.33. The average molecular weight is 284 g/mol. The Morgan fingerprint density at radius 3 is 2.71 bits per heavy atom. The van der Waals surface area contributed by atoms with Crippen LogP contribution in [-0.2, 0) is 0 Å². The fourth-order valence-electron chi connectivity index (χ4n) is 2.67. The SMILES string of the molecule is CCOc1ccc(C(C#N)NCCC2=CCCCC2)cc1. The molecular weight excluding hydrogens is 260 g/mol. The van der Waals surface area contributed by atoms with Gasteiger partial charge in [-0.05, 0) is 56.7 Å². The minimum Gasteiger partial charge on any atom is -0.494 e. The molecule has 1 N–H and O–H groups in total. The van der Waals surface area contributed by atoms with E-state index in [1.54, 1.807) is 0 Å². The van der Waals surface area contributed by atoms with E-state index in [2.05, 4.69) is 17.5 Å². The first kappa shape index (κ1) is 15.6. The number of allylic oxidation sites excluding steroid dienone is 1. The van der Waals surface area contributed by atoms with Crippen LogP contribution in [0, 0.1) is 11.3 Å². The van der Waals surface area contributed by atoms with Crippen LogP contribution in [0.4, 0.5) is 0 Å². The molecule has 0 amide bonds. The molecule has 1 aromatic carbocycles. The Balaban J connectivity index is 1.84. The molecule has 21 heavy (non-hydrogen) atoms. The van der Waals surface area contributed by atoms with E-state index in [1.807, 2.05) is 31.2 Å². The minimum absolute atomic E-state index is 0.245. The largest absolute Gasteiger partial charge is 0.494 e. The summed E-state index contributed by atoms with van der Waals surface area (Å²) in [4.78, 5) is 0. The fourth-order valence-corrected chi connectivity index (χ4v) is 2.67. The monoisotopic (exact) mass is 284 g/mol. The number of nitrogens with zero attached hydrogens (tertiary/aromatic N) is 1. The summed E-state index contributed by atoms with van der Waals surface area (Å²) in [7, 11) is 0. The van der Waals surface area contributed by atoms with E-state index in [1.165, 1.54) is 31.3 Å². The van der Waals surface area contributed by atoms with Gasteiger partial charge in [0.15, 0.2) is 0 Å². The van der Waals surface area contributed by atoms with Crippen LogP contribution in [0.3, 0.4) is 0 Å². The second kappa shape index (κ2) is 8.49. The lowest BCUT2D eigenvalue weighted by atomic mass is 9.97. The highest BCUT2D eigenvalue weighted by atomic mass is 16.5. The molecule has 0 saturated carbocycles. The number of nitriles is 1. The zero-order valence-corrected chi connectivity index (χ0v) is 12.8. The van der Waals surface area contributed by atoms with E-state index >= 15 is 0 Å². The van der Waals surface area contributed by atoms with Crippen LogP contribution >= 0.6 is 0 Å². The number of ether oxygens (including phenoxy) is 1. The van der Waals surface area contributed by atoms with E-state index < -0.39 is 0 Å². The number of nitrogens with one attached hydrogen (secondary N) is 1. The van der Waals surface area contributed by atoms with E-state index in [9.17, 15) is 5.26 Å². The zero-order chi connectivity index (χ0) is 14.9. The molecular formula is C18H24N2O. The van der Waals surface area contributed by atoms with Crippen molar-refractivity contribution in [1.29, 1.82) is 5.26 Å². The molecule has 1 aliphatic carbocycles. The van der Waals surface area contributed by atoms with Gasteiger partial charge >= 0.3 is 0 Å². The number of rotatable bonds is 7. The predicted octanol–water partition coefficient (Wildman–Crippen LogP) is 4.13. The molecule has 0 spiro atoms. The molecule has 3 nitrogen and oxygen atoms in total. The molecule has 3 heteroatoms. The number of hydrogen-bond acceptors (Lipinski definition) is 3. The predicted molar refractivity (Wildman–Crippen MR) is 85.1 cm³/mol. The van der Waals surface area contributed by atoms with Crippen molar-refractivity contribution in [2.45, 2.75) is 45.1 Å². The highest BCUT2D eigenvalue weighted by Gasteiger charge is 2.10. The summed E-state index contributed by atoms with van der Waals surface area (Å²) in [6.45, 7) is 3.49. The van der Waals surface area contributed by atoms with Crippen molar-refractivity contribution < 1.29 is 4.74 Å². The summed E-state index contributed by atoms with van der Waals surface area (Å²) in [5.41, 5.74) is 2.54. The highest BCUT2D eigenvalue weighted by molar-refractivity contribution is 5.31. The first-order chi connectivity index (χ1) is 10.3. The molecule has 112 valence electrons. The molecule has 0 bridgehead atoms. The van der Waals surface area contributed by atoms with E-state index in [0.717, 1.165) is 24.3 Å². The van der Waals surface area contributed by atoms with Crippen LogP contribution in [0.2, 0.25) is 0 Å². The van der Waals surface area contributed by atoms with Gasteiger partial charge in [-0.15, -0.1) is 0 Å². The van der Waals surface area contributed by atoms with Crippen LogP contribution in [0.5, 0.6) is 5.75 Å². The van der Waals surface area contributed by atoms with Crippen LogP contribution in [0.1, 0.15) is 50.6 Å². The Morgan fingerprint density at radius 2 is 2.10 bits per heavy atom. The zero-order valence-electron chi connectivity index (χ0n) is 12.8. The minimum atomic E-state index is -0.245. The second-order valence-electron chi connectivity index (χ2n) is 5.38. The van der Waals surface area contributed by atoms with Gasteiger partial charge in [0.1, 0.15) is 11.8 Å². The normalized spacial score (nSPS) is 15.9. The molecule has 1 aromatic rings. The summed E-state index contributed by atoms with van der Waals surface area (Å²) in [6.07, 6.45) is 8.49. The Kier molecular flexibility index (Phi) is 6.30. The second-order valence-corrected chi connectivity index (χ2v) is 5.38. The molecule has 2 rings (SSSR count). The van der Waals surface area contributed by atoms with Crippen LogP contribution < -0.4 is 10.1 Å². The van der Waals surface area contributed by atoms with E-state index in [0.29, 0.717) is 6.61 Å². The Hall–Kier alpha value is -1.79. The average Bonchev–Trinajstić information content (AvgIpc) is 2.54. The third kappa shape index (κ3) is 4.91. The number of hydrogen-bond donors (Lipinski definition) is 1. The molecule has 0 fully saturated rings. The van der Waals surface area contributed by atoms with Gasteiger partial charge in [0.05, 0.1) is 12.7 Å². The lowest BCUT2D eigenvalue weighted by molar-refractivity contribution is 0.340. The van der Waals surface area contributed by atoms with Gasteiger partial charge < -0.3 is 4.74 Å². The Bertz CT molecular complexity index is 499. The van der Waals surface area contributed by atoms with Gasteiger partial charge in [0, 0.05) is 6.54 Å². The molecule has 0 aromatic heterocycles. The van der Waals surface area contributed by atoms with Crippen molar-refractivity contribution in [1.82, 2.24) is 5.32 Å². The third-order valence-electron chi connectivity index (χ3n) is 3.83. The molecule has 0 aliphatic heterocycles. The van der Waals surface area contributed by atoms with E-state index in [-0.39, 0.29) is 6.04 Å². The summed E-state index contributed by atoms with van der Waals surface area (Å²) in [5, 5.41) is 12.7. The van der Waals surface area contributed by atoms with Crippen molar-refractivity contribution in [3.8, 4) is 11.8 Å². The highest BCUT2D eigenvalue weighted by Crippen LogP contribution is 2.21. The van der Waals surface area contributed by atoms with Gasteiger partial charge in [-0.3, -0.25) is 5.32 Å². The number of benzene rings is 1. The molecule has 0 radical (unpaired) electrons. The van der Waals surface area contributed by atoms with Crippen molar-refractivity contribution >= 4 is 0 Å². The summed E-state index contributed by atoms with van der Waals surface area (Å²) in [5.74, 6) is 0.852. The van der Waals surface area contributed by atoms with Crippen molar-refractivity contribution in [3.63, 3.8) is 0 Å². The first-order valence-corrected chi connectivity index (χ1v) is 7.87. The summed E-state index contributed by atoms with van der Waals surface area (Å²) in [6, 6.07) is 9.87. The van der Waals surface area contributed by atoms with Gasteiger partial charge in [-0.25, -0.2) is 0 Å². The van der Waals surface area contributed by atoms with Gasteiger partial charge in [0.2, 0.25) is 0 Å². The molecule has 0 heterocycles. The van der Waals surface area contributed by atoms with Crippen molar-refractivity contribution in [2.24, 2.45) is 0 Å². The van der Waals surface area contributed by atoms with Gasteiger partial charge in [-0.2, -0.15) is 5.26 Å². The maximum Gasteiger partial charge on any atom is 0.121 e. The fraction of sp³-hybridized carbons (Fsp3) is 0.500. The molecule has 1 aliphatic rings. The third-order valence-corrected chi connectivity index (χ3v) is 3.83.